The summed E-state index contributed by atoms with van der Waals surface area (Å²) >= 11 is 0. The zero-order valence-corrected chi connectivity index (χ0v) is 8.12. The first-order valence-electron chi connectivity index (χ1n) is 5.08. The van der Waals surface area contributed by atoms with E-state index in [1.54, 1.807) is 6.92 Å². The quantitative estimate of drug-likeness (QED) is 0.652. The zero-order valence-electron chi connectivity index (χ0n) is 8.12. The van der Waals surface area contributed by atoms with Crippen molar-refractivity contribution in [3.8, 4) is 0 Å². The number of nitrogens with zero attached hydrogens (tertiary/aromatic N) is 1. The standard InChI is InChI=1S/C10H17NO2/c1-8(13)11-6-5-10(7-12)4-2-3-9(10)11/h9,12H,2-7H2,1H3. The minimum atomic E-state index is 0.0612. The van der Waals surface area contributed by atoms with Crippen LogP contribution in [-0.4, -0.2) is 35.1 Å². The number of hydrogen-bond acceptors (Lipinski definition) is 2. The molecule has 2 fully saturated rings. The van der Waals surface area contributed by atoms with Gasteiger partial charge in [0.2, 0.25) is 5.91 Å². The van der Waals surface area contributed by atoms with E-state index in [1.165, 1.54) is 0 Å². The first kappa shape index (κ1) is 9.00. The number of aliphatic hydroxyl groups is 1. The summed E-state index contributed by atoms with van der Waals surface area (Å²) < 4.78 is 0. The Hall–Kier alpha value is -0.570. The molecule has 0 radical (unpaired) electrons. The summed E-state index contributed by atoms with van der Waals surface area (Å²) in [5.74, 6) is 0.169. The maximum Gasteiger partial charge on any atom is 0.219 e. The normalized spacial score (nSPS) is 38.0. The number of hydrogen-bond donors (Lipinski definition) is 1. The highest BCUT2D eigenvalue weighted by Crippen LogP contribution is 2.48. The van der Waals surface area contributed by atoms with E-state index in [2.05, 4.69) is 0 Å². The van der Waals surface area contributed by atoms with Gasteiger partial charge in [0.25, 0.3) is 0 Å². The monoisotopic (exact) mass is 183 g/mol. The van der Waals surface area contributed by atoms with Crippen LogP contribution in [0, 0.1) is 5.41 Å². The molecule has 1 amide bonds. The fraction of sp³-hybridized carbons (Fsp3) is 0.900. The molecule has 3 nitrogen and oxygen atoms in total. The summed E-state index contributed by atoms with van der Waals surface area (Å²) in [7, 11) is 0. The van der Waals surface area contributed by atoms with Crippen molar-refractivity contribution >= 4 is 5.91 Å². The molecule has 13 heavy (non-hydrogen) atoms. The Kier molecular flexibility index (Phi) is 2.06. The largest absolute Gasteiger partial charge is 0.396 e. The molecule has 0 bridgehead atoms. The minimum Gasteiger partial charge on any atom is -0.396 e. The maximum atomic E-state index is 11.3. The lowest BCUT2D eigenvalue weighted by Crippen LogP contribution is -2.39. The number of rotatable bonds is 1. The van der Waals surface area contributed by atoms with E-state index in [0.29, 0.717) is 6.04 Å². The summed E-state index contributed by atoms with van der Waals surface area (Å²) in [6, 6.07) is 0.329. The van der Waals surface area contributed by atoms with Crippen LogP contribution in [0.25, 0.3) is 0 Å². The summed E-state index contributed by atoms with van der Waals surface area (Å²) in [5.41, 5.74) is 0.0612. The molecular weight excluding hydrogens is 166 g/mol. The van der Waals surface area contributed by atoms with Crippen molar-refractivity contribution in [2.24, 2.45) is 5.41 Å². The van der Waals surface area contributed by atoms with E-state index in [1.807, 2.05) is 4.90 Å². The van der Waals surface area contributed by atoms with Crippen LogP contribution in [0.3, 0.4) is 0 Å². The van der Waals surface area contributed by atoms with Crippen LogP contribution >= 0.6 is 0 Å². The fourth-order valence-corrected chi connectivity index (χ4v) is 3.04. The highest BCUT2D eigenvalue weighted by molar-refractivity contribution is 5.74. The second-order valence-electron chi connectivity index (χ2n) is 4.39. The predicted octanol–water partition coefficient (Wildman–Crippen LogP) is 0.770. The van der Waals surface area contributed by atoms with E-state index in [4.69, 9.17) is 0 Å². The molecule has 1 saturated heterocycles. The summed E-state index contributed by atoms with van der Waals surface area (Å²) in [4.78, 5) is 13.2. The lowest BCUT2D eigenvalue weighted by Gasteiger charge is -2.29. The van der Waals surface area contributed by atoms with Crippen molar-refractivity contribution in [1.29, 1.82) is 0 Å². The molecule has 0 aromatic carbocycles. The van der Waals surface area contributed by atoms with Crippen LogP contribution in [0.4, 0.5) is 0 Å². The van der Waals surface area contributed by atoms with Crippen LogP contribution in [0.15, 0.2) is 0 Å². The number of fused-ring (bicyclic) bond motifs is 1. The molecule has 2 rings (SSSR count). The second kappa shape index (κ2) is 2.98. The van der Waals surface area contributed by atoms with Crippen molar-refractivity contribution in [1.82, 2.24) is 4.90 Å². The van der Waals surface area contributed by atoms with Gasteiger partial charge in [-0.05, 0) is 19.3 Å². The van der Waals surface area contributed by atoms with Gasteiger partial charge in [-0.15, -0.1) is 0 Å². The first-order chi connectivity index (χ1) is 6.19. The van der Waals surface area contributed by atoms with Crippen molar-refractivity contribution in [2.75, 3.05) is 13.2 Å². The van der Waals surface area contributed by atoms with Gasteiger partial charge in [-0.25, -0.2) is 0 Å². The molecule has 2 aliphatic rings. The Labute approximate surface area is 78.7 Å². The Morgan fingerprint density at radius 2 is 2.38 bits per heavy atom. The highest BCUT2D eigenvalue weighted by atomic mass is 16.3. The zero-order chi connectivity index (χ0) is 9.47. The second-order valence-corrected chi connectivity index (χ2v) is 4.39. The third kappa shape index (κ3) is 1.17. The van der Waals surface area contributed by atoms with Gasteiger partial charge in [-0.1, -0.05) is 6.42 Å². The van der Waals surface area contributed by atoms with E-state index >= 15 is 0 Å². The van der Waals surface area contributed by atoms with Gasteiger partial charge in [0.1, 0.15) is 0 Å². The Morgan fingerprint density at radius 1 is 1.62 bits per heavy atom. The molecule has 2 unspecified atom stereocenters. The average molecular weight is 183 g/mol. The molecule has 3 heteroatoms. The number of amides is 1. The van der Waals surface area contributed by atoms with Crippen molar-refractivity contribution in [2.45, 2.75) is 38.6 Å². The Bertz CT molecular complexity index is 229. The molecule has 1 saturated carbocycles. The van der Waals surface area contributed by atoms with Crippen LogP contribution in [-0.2, 0) is 4.79 Å². The average Bonchev–Trinajstić information content (AvgIpc) is 2.59. The van der Waals surface area contributed by atoms with Gasteiger partial charge in [0.05, 0.1) is 6.61 Å². The van der Waals surface area contributed by atoms with Gasteiger partial charge in [0, 0.05) is 24.9 Å². The van der Waals surface area contributed by atoms with E-state index in [9.17, 15) is 9.90 Å². The lowest BCUT2D eigenvalue weighted by atomic mass is 9.83. The molecule has 0 spiro atoms. The van der Waals surface area contributed by atoms with Crippen LogP contribution < -0.4 is 0 Å². The van der Waals surface area contributed by atoms with Crippen LogP contribution in [0.5, 0.6) is 0 Å². The molecule has 0 aromatic rings. The topological polar surface area (TPSA) is 40.5 Å². The highest BCUT2D eigenvalue weighted by Gasteiger charge is 2.50. The number of aliphatic hydroxyl groups excluding tert-OH is 1. The van der Waals surface area contributed by atoms with Gasteiger partial charge in [-0.3, -0.25) is 4.79 Å². The number of carbonyl (C=O) groups is 1. The molecule has 1 aliphatic heterocycles. The summed E-state index contributed by atoms with van der Waals surface area (Å²) in [5, 5.41) is 9.39. The molecule has 0 aromatic heterocycles. The fourth-order valence-electron chi connectivity index (χ4n) is 3.04. The third-order valence-corrected chi connectivity index (χ3v) is 3.81. The van der Waals surface area contributed by atoms with Gasteiger partial charge in [0.15, 0.2) is 0 Å². The predicted molar refractivity (Wildman–Crippen MR) is 49.2 cm³/mol. The molecule has 2 atom stereocenters. The Balaban J connectivity index is 2.19. The number of carbonyl (C=O) groups excluding carboxylic acids is 1. The van der Waals surface area contributed by atoms with Crippen LogP contribution in [0.2, 0.25) is 0 Å². The number of likely N-dealkylation sites (tertiary alicyclic amines) is 1. The molecular formula is C10H17NO2. The van der Waals surface area contributed by atoms with Gasteiger partial charge < -0.3 is 10.0 Å². The lowest BCUT2D eigenvalue weighted by molar-refractivity contribution is -0.130. The van der Waals surface area contributed by atoms with E-state index in [0.717, 1.165) is 32.2 Å². The SMILES string of the molecule is CC(=O)N1CCC2(CO)CCCC12. The van der Waals surface area contributed by atoms with E-state index < -0.39 is 0 Å². The van der Waals surface area contributed by atoms with Gasteiger partial charge in [-0.2, -0.15) is 0 Å². The van der Waals surface area contributed by atoms with Crippen molar-refractivity contribution in [3.63, 3.8) is 0 Å². The Morgan fingerprint density at radius 3 is 3.00 bits per heavy atom. The smallest absolute Gasteiger partial charge is 0.219 e. The molecule has 1 heterocycles. The van der Waals surface area contributed by atoms with E-state index in [-0.39, 0.29) is 17.9 Å². The summed E-state index contributed by atoms with van der Waals surface area (Å²) in [6.45, 7) is 2.73. The first-order valence-corrected chi connectivity index (χ1v) is 5.08. The van der Waals surface area contributed by atoms with Crippen LogP contribution in [0.1, 0.15) is 32.6 Å². The molecule has 74 valence electrons. The molecule has 1 N–H and O–H groups in total. The minimum absolute atomic E-state index is 0.0612. The third-order valence-electron chi connectivity index (χ3n) is 3.81. The molecule has 1 aliphatic carbocycles. The maximum absolute atomic E-state index is 11.3. The van der Waals surface area contributed by atoms with Crippen molar-refractivity contribution in [3.05, 3.63) is 0 Å². The summed E-state index contributed by atoms with van der Waals surface area (Å²) in [6.07, 6.45) is 4.33. The van der Waals surface area contributed by atoms with Crippen molar-refractivity contribution < 1.29 is 9.90 Å². The van der Waals surface area contributed by atoms with Gasteiger partial charge >= 0.3 is 0 Å².